The van der Waals surface area contributed by atoms with Crippen LogP contribution in [0.15, 0.2) is 41.3 Å². The van der Waals surface area contributed by atoms with Gasteiger partial charge in [-0.1, -0.05) is 6.07 Å². The molecule has 2 rings (SSSR count). The predicted molar refractivity (Wildman–Crippen MR) is 61.9 cm³/mol. The number of guanidine groups is 1. The molecular weight excluding hydrogens is 204 g/mol. The lowest BCUT2D eigenvalue weighted by atomic mass is 10.0. The third-order valence-corrected chi connectivity index (χ3v) is 2.37. The van der Waals surface area contributed by atoms with E-state index >= 15 is 0 Å². The third-order valence-electron chi connectivity index (χ3n) is 2.37. The van der Waals surface area contributed by atoms with E-state index in [0.717, 1.165) is 5.69 Å². The zero-order chi connectivity index (χ0) is 11.6. The molecule has 7 N–H and O–H groups in total. The maximum absolute atomic E-state index is 6.08. The monoisotopic (exact) mass is 218 g/mol. The number of nitrogens with one attached hydrogen (secondary N) is 1. The molecule has 1 unspecified atom stereocenters. The summed E-state index contributed by atoms with van der Waals surface area (Å²) >= 11 is 0. The van der Waals surface area contributed by atoms with Crippen LogP contribution in [0, 0.1) is 0 Å². The summed E-state index contributed by atoms with van der Waals surface area (Å²) in [5, 5.41) is 2.71. The molecule has 1 aromatic heterocycles. The summed E-state index contributed by atoms with van der Waals surface area (Å²) in [6.45, 7) is 0. The lowest BCUT2D eigenvalue weighted by Gasteiger charge is -2.29. The lowest BCUT2D eigenvalue weighted by Crippen LogP contribution is -2.52. The van der Waals surface area contributed by atoms with Gasteiger partial charge in [-0.05, 0) is 12.1 Å². The molecule has 84 valence electrons. The number of pyridine rings is 1. The van der Waals surface area contributed by atoms with Gasteiger partial charge < -0.3 is 22.5 Å². The molecule has 0 fully saturated rings. The second-order valence-electron chi connectivity index (χ2n) is 3.66. The van der Waals surface area contributed by atoms with Crippen molar-refractivity contribution in [3.8, 4) is 0 Å². The normalized spacial score (nSPS) is 24.3. The quantitative estimate of drug-likeness (QED) is 0.508. The van der Waals surface area contributed by atoms with Crippen LogP contribution in [0.25, 0.3) is 0 Å². The van der Waals surface area contributed by atoms with Crippen molar-refractivity contribution >= 4 is 5.96 Å². The van der Waals surface area contributed by atoms with Crippen molar-refractivity contribution in [3.63, 3.8) is 0 Å². The zero-order valence-electron chi connectivity index (χ0n) is 8.72. The first-order chi connectivity index (χ1) is 7.60. The Morgan fingerprint density at radius 1 is 1.31 bits per heavy atom. The Kier molecular flexibility index (Phi) is 2.49. The van der Waals surface area contributed by atoms with E-state index in [-0.39, 0.29) is 5.96 Å². The van der Waals surface area contributed by atoms with E-state index in [1.54, 1.807) is 12.4 Å². The summed E-state index contributed by atoms with van der Waals surface area (Å²) in [7, 11) is 0. The first kappa shape index (κ1) is 10.4. The van der Waals surface area contributed by atoms with Crippen LogP contribution in [0.2, 0.25) is 0 Å². The zero-order valence-corrected chi connectivity index (χ0v) is 8.72. The molecule has 0 aliphatic carbocycles. The molecule has 1 aliphatic heterocycles. The number of aliphatic imine (C=N–C) groups is 1. The van der Waals surface area contributed by atoms with Gasteiger partial charge in [-0.25, -0.2) is 4.99 Å². The molecule has 16 heavy (non-hydrogen) atoms. The van der Waals surface area contributed by atoms with Gasteiger partial charge in [0.15, 0.2) is 11.6 Å². The molecule has 0 saturated heterocycles. The van der Waals surface area contributed by atoms with Crippen LogP contribution in [0.1, 0.15) is 5.69 Å². The average Bonchev–Trinajstić information content (AvgIpc) is 2.25. The minimum Gasteiger partial charge on any atom is -0.398 e. The third kappa shape index (κ3) is 1.96. The number of nitrogens with zero attached hydrogens (tertiary/aromatic N) is 2. The Hall–Kier alpha value is -2.08. The minimum atomic E-state index is -1.01. The minimum absolute atomic E-state index is 0.257. The molecule has 6 heteroatoms. The molecule has 0 aromatic carbocycles. The van der Waals surface area contributed by atoms with E-state index < -0.39 is 5.66 Å². The Bertz CT molecular complexity index is 438. The Labute approximate surface area is 93.2 Å². The van der Waals surface area contributed by atoms with E-state index in [1.807, 2.05) is 18.2 Å². The van der Waals surface area contributed by atoms with Gasteiger partial charge in [-0.3, -0.25) is 4.98 Å². The van der Waals surface area contributed by atoms with Crippen molar-refractivity contribution in [3.05, 3.63) is 42.0 Å². The van der Waals surface area contributed by atoms with Gasteiger partial charge in [0.05, 0.1) is 5.70 Å². The van der Waals surface area contributed by atoms with Gasteiger partial charge in [0.2, 0.25) is 0 Å². The Morgan fingerprint density at radius 3 is 2.81 bits per heavy atom. The van der Waals surface area contributed by atoms with Crippen LogP contribution in [0.4, 0.5) is 0 Å². The van der Waals surface area contributed by atoms with Gasteiger partial charge in [0, 0.05) is 24.5 Å². The fourth-order valence-electron chi connectivity index (χ4n) is 1.51. The highest BCUT2D eigenvalue weighted by Gasteiger charge is 2.31. The molecular formula is C10H14N6. The van der Waals surface area contributed by atoms with Crippen LogP contribution in [0.3, 0.4) is 0 Å². The fourth-order valence-corrected chi connectivity index (χ4v) is 1.51. The Balaban J connectivity index is 2.25. The number of hydrogen-bond donors (Lipinski definition) is 4. The van der Waals surface area contributed by atoms with Gasteiger partial charge in [0.25, 0.3) is 0 Å². The van der Waals surface area contributed by atoms with Gasteiger partial charge in [0.1, 0.15) is 0 Å². The highest BCUT2D eigenvalue weighted by molar-refractivity contribution is 5.80. The van der Waals surface area contributed by atoms with E-state index in [9.17, 15) is 0 Å². The second-order valence-corrected chi connectivity index (χ2v) is 3.66. The maximum Gasteiger partial charge on any atom is 0.195 e. The molecule has 2 heterocycles. The summed E-state index contributed by atoms with van der Waals surface area (Å²) < 4.78 is 0. The number of hydrogen-bond acceptors (Lipinski definition) is 6. The smallest absolute Gasteiger partial charge is 0.195 e. The van der Waals surface area contributed by atoms with Crippen molar-refractivity contribution < 1.29 is 0 Å². The number of rotatable bonds is 2. The number of nitrogens with two attached hydrogens (primary N) is 3. The molecule has 0 bridgehead atoms. The summed E-state index contributed by atoms with van der Waals surface area (Å²) in [5.41, 5.74) is 17.7. The molecule has 0 spiro atoms. The molecule has 1 aromatic rings. The summed E-state index contributed by atoms with van der Waals surface area (Å²) in [6, 6.07) is 5.60. The van der Waals surface area contributed by atoms with Crippen LogP contribution in [-0.4, -0.2) is 16.6 Å². The highest BCUT2D eigenvalue weighted by Crippen LogP contribution is 2.18. The van der Waals surface area contributed by atoms with E-state index in [2.05, 4.69) is 15.3 Å². The molecule has 0 saturated carbocycles. The summed E-state index contributed by atoms with van der Waals surface area (Å²) in [5.74, 6) is 0.257. The van der Waals surface area contributed by atoms with Crippen molar-refractivity contribution in [1.82, 2.24) is 10.3 Å². The van der Waals surface area contributed by atoms with E-state index in [0.29, 0.717) is 12.1 Å². The SMILES string of the molecule is NC1=CNC(N)=NC1(N)Cc1ccccn1. The molecule has 1 aliphatic rings. The van der Waals surface area contributed by atoms with Crippen LogP contribution < -0.4 is 22.5 Å². The predicted octanol–water partition coefficient (Wildman–Crippen LogP) is -1.00. The number of aromatic nitrogens is 1. The first-order valence-corrected chi connectivity index (χ1v) is 4.87. The van der Waals surface area contributed by atoms with Crippen LogP contribution in [-0.2, 0) is 6.42 Å². The van der Waals surface area contributed by atoms with E-state index in [1.165, 1.54) is 0 Å². The molecule has 0 radical (unpaired) electrons. The van der Waals surface area contributed by atoms with Gasteiger partial charge >= 0.3 is 0 Å². The summed E-state index contributed by atoms with van der Waals surface area (Å²) in [6.07, 6.45) is 3.68. The largest absolute Gasteiger partial charge is 0.398 e. The van der Waals surface area contributed by atoms with Crippen LogP contribution in [0.5, 0.6) is 0 Å². The summed E-state index contributed by atoms with van der Waals surface area (Å²) in [4.78, 5) is 8.30. The Morgan fingerprint density at radius 2 is 2.12 bits per heavy atom. The van der Waals surface area contributed by atoms with Crippen molar-refractivity contribution in [2.24, 2.45) is 22.2 Å². The highest BCUT2D eigenvalue weighted by atomic mass is 15.2. The van der Waals surface area contributed by atoms with Gasteiger partial charge in [-0.2, -0.15) is 0 Å². The first-order valence-electron chi connectivity index (χ1n) is 4.87. The lowest BCUT2D eigenvalue weighted by molar-refractivity contribution is 0.496. The van der Waals surface area contributed by atoms with Crippen molar-refractivity contribution in [1.29, 1.82) is 0 Å². The molecule has 0 amide bonds. The van der Waals surface area contributed by atoms with Crippen molar-refractivity contribution in [2.75, 3.05) is 0 Å². The topological polar surface area (TPSA) is 115 Å². The molecule has 6 nitrogen and oxygen atoms in total. The van der Waals surface area contributed by atoms with E-state index in [4.69, 9.17) is 17.2 Å². The maximum atomic E-state index is 6.08. The van der Waals surface area contributed by atoms with Crippen molar-refractivity contribution in [2.45, 2.75) is 12.1 Å². The second kappa shape index (κ2) is 3.82. The van der Waals surface area contributed by atoms with Gasteiger partial charge in [-0.15, -0.1) is 0 Å². The molecule has 1 atom stereocenters. The average molecular weight is 218 g/mol. The standard InChI is InChI=1S/C10H14N6/c11-8-6-15-9(12)16-10(8,13)5-7-3-1-2-4-14-7/h1-4,6H,5,11,13H2,(H3,12,15,16). The fraction of sp³-hybridized carbons (Fsp3) is 0.200. The van der Waals surface area contributed by atoms with Crippen LogP contribution >= 0.6 is 0 Å².